The molecule has 0 aliphatic heterocycles. The zero-order chi connectivity index (χ0) is 31.6. The fourth-order valence-electron chi connectivity index (χ4n) is 5.80. The van der Waals surface area contributed by atoms with Crippen molar-refractivity contribution in [2.24, 2.45) is 5.92 Å². The second-order valence-electron chi connectivity index (χ2n) is 13.0. The molecule has 1 atom stereocenters. The monoisotopic (exact) mass is 602 g/mol. The van der Waals surface area contributed by atoms with Crippen molar-refractivity contribution < 1.29 is 14.7 Å². The molecule has 3 heteroatoms. The highest BCUT2D eigenvalue weighted by Crippen LogP contribution is 2.19. The standard InChI is InChI=1S/C40H73O3/c1-4-6-8-10-12-14-16-18-20-22-24-26-28-30-32-34-39(42)38(36-37(3)41)40(43)35-33-31-29-27-25-23-21-19-17-15-13-11-9-7-5-2/h18-21,37-38,41H,3-17,22-36H2,1-2H3/b20-18-,21-19-. The fourth-order valence-corrected chi connectivity index (χ4v) is 5.80. The Morgan fingerprint density at radius 3 is 1.07 bits per heavy atom. The third-order valence-corrected chi connectivity index (χ3v) is 8.66. The van der Waals surface area contributed by atoms with E-state index in [9.17, 15) is 14.7 Å². The number of allylic oxidation sites excluding steroid dienone is 4. The Morgan fingerprint density at radius 1 is 0.488 bits per heavy atom. The molecule has 1 radical (unpaired) electrons. The van der Waals surface area contributed by atoms with Gasteiger partial charge in [0.2, 0.25) is 0 Å². The number of hydrogen-bond donors (Lipinski definition) is 1. The summed E-state index contributed by atoms with van der Waals surface area (Å²) in [4.78, 5) is 25.7. The summed E-state index contributed by atoms with van der Waals surface area (Å²) in [7, 11) is 0. The minimum atomic E-state index is -0.860. The van der Waals surface area contributed by atoms with Gasteiger partial charge in [-0.05, 0) is 77.6 Å². The number of hydrogen-bond acceptors (Lipinski definition) is 3. The third kappa shape index (κ3) is 30.6. The molecule has 0 aromatic rings. The topological polar surface area (TPSA) is 54.4 Å². The van der Waals surface area contributed by atoms with Crippen LogP contribution in [0.2, 0.25) is 0 Å². The zero-order valence-corrected chi connectivity index (χ0v) is 28.9. The smallest absolute Gasteiger partial charge is 0.143 e. The Kier molecular flexibility index (Phi) is 32.7. The van der Waals surface area contributed by atoms with Crippen LogP contribution in [0.15, 0.2) is 24.3 Å². The lowest BCUT2D eigenvalue weighted by molar-refractivity contribution is -0.134. The number of aliphatic hydroxyl groups excluding tert-OH is 1. The Bertz CT molecular complexity index is 611. The van der Waals surface area contributed by atoms with Gasteiger partial charge in [-0.2, -0.15) is 0 Å². The van der Waals surface area contributed by atoms with E-state index in [-0.39, 0.29) is 18.0 Å². The highest BCUT2D eigenvalue weighted by atomic mass is 16.3. The van der Waals surface area contributed by atoms with Crippen molar-refractivity contribution in [2.75, 3.05) is 0 Å². The Morgan fingerprint density at radius 2 is 0.767 bits per heavy atom. The minimum Gasteiger partial charge on any atom is -0.393 e. The van der Waals surface area contributed by atoms with E-state index < -0.39 is 12.0 Å². The first kappa shape index (κ1) is 41.8. The van der Waals surface area contributed by atoms with Crippen LogP contribution in [0, 0.1) is 12.8 Å². The molecule has 3 nitrogen and oxygen atoms in total. The van der Waals surface area contributed by atoms with E-state index in [0.29, 0.717) is 12.8 Å². The second kappa shape index (κ2) is 33.7. The van der Waals surface area contributed by atoms with Gasteiger partial charge in [0, 0.05) is 12.8 Å². The molecule has 1 unspecified atom stereocenters. The fraction of sp³-hybridized carbons (Fsp3) is 0.825. The molecule has 0 fully saturated rings. The molecule has 0 amide bonds. The van der Waals surface area contributed by atoms with E-state index in [1.54, 1.807) is 0 Å². The summed E-state index contributed by atoms with van der Waals surface area (Å²) in [5, 5.41) is 9.80. The molecule has 0 aliphatic rings. The summed E-state index contributed by atoms with van der Waals surface area (Å²) in [5.41, 5.74) is 0. The molecule has 0 heterocycles. The first-order valence-corrected chi connectivity index (χ1v) is 18.9. The van der Waals surface area contributed by atoms with Gasteiger partial charge in [-0.15, -0.1) is 0 Å². The lowest BCUT2D eigenvalue weighted by atomic mass is 9.87. The number of carbonyl (C=O) groups is 2. The van der Waals surface area contributed by atoms with Crippen LogP contribution in [0.1, 0.15) is 200 Å². The molecular weight excluding hydrogens is 528 g/mol. The number of aliphatic hydroxyl groups is 1. The number of Topliss-reactive ketones (excluding diaryl/α,β-unsaturated/α-hetero) is 2. The summed E-state index contributed by atoms with van der Waals surface area (Å²) >= 11 is 0. The maximum Gasteiger partial charge on any atom is 0.143 e. The Hall–Kier alpha value is -1.22. The molecule has 0 aromatic carbocycles. The highest BCUT2D eigenvalue weighted by Gasteiger charge is 2.26. The molecule has 251 valence electrons. The summed E-state index contributed by atoms with van der Waals surface area (Å²) < 4.78 is 0. The van der Waals surface area contributed by atoms with E-state index in [1.807, 2.05) is 0 Å². The van der Waals surface area contributed by atoms with Gasteiger partial charge in [0.25, 0.3) is 0 Å². The molecule has 1 N–H and O–H groups in total. The van der Waals surface area contributed by atoms with Gasteiger partial charge in [-0.3, -0.25) is 9.59 Å². The maximum absolute atomic E-state index is 12.8. The predicted octanol–water partition coefficient (Wildman–Crippen LogP) is 12.4. The summed E-state index contributed by atoms with van der Waals surface area (Å²) in [5.74, 6) is -0.641. The van der Waals surface area contributed by atoms with E-state index >= 15 is 0 Å². The zero-order valence-electron chi connectivity index (χ0n) is 28.9. The van der Waals surface area contributed by atoms with Gasteiger partial charge >= 0.3 is 0 Å². The normalized spacial score (nSPS) is 12.7. The van der Waals surface area contributed by atoms with Crippen molar-refractivity contribution >= 4 is 11.6 Å². The molecule has 0 spiro atoms. The Balaban J connectivity index is 3.85. The number of unbranched alkanes of at least 4 members (excludes halogenated alkanes) is 22. The van der Waals surface area contributed by atoms with Crippen molar-refractivity contribution in [3.05, 3.63) is 31.2 Å². The molecule has 0 saturated heterocycles. The van der Waals surface area contributed by atoms with Crippen molar-refractivity contribution in [3.8, 4) is 0 Å². The minimum absolute atomic E-state index is 0.0121. The Labute approximate surface area is 269 Å². The highest BCUT2D eigenvalue weighted by molar-refractivity contribution is 6.02. The average Bonchev–Trinajstić information content (AvgIpc) is 2.99. The molecule has 0 aliphatic carbocycles. The van der Waals surface area contributed by atoms with Crippen LogP contribution in [0.4, 0.5) is 0 Å². The SMILES string of the molecule is [CH2]C(O)CC(C(=O)CCCCCCC/C=C\CCCCCCCC)C(=O)CCCCCCC/C=C\CCCCCCCC. The van der Waals surface area contributed by atoms with E-state index in [0.717, 1.165) is 51.4 Å². The van der Waals surface area contributed by atoms with Gasteiger partial charge in [0.1, 0.15) is 11.6 Å². The van der Waals surface area contributed by atoms with Crippen LogP contribution >= 0.6 is 0 Å². The van der Waals surface area contributed by atoms with Gasteiger partial charge in [-0.1, -0.05) is 141 Å². The predicted molar refractivity (Wildman–Crippen MR) is 188 cm³/mol. The molecule has 0 aromatic heterocycles. The summed E-state index contributed by atoms with van der Waals surface area (Å²) in [6, 6.07) is 0. The lowest BCUT2D eigenvalue weighted by Gasteiger charge is -2.16. The van der Waals surface area contributed by atoms with Crippen molar-refractivity contribution in [2.45, 2.75) is 206 Å². The van der Waals surface area contributed by atoms with E-state index in [2.05, 4.69) is 45.1 Å². The maximum atomic E-state index is 12.8. The van der Waals surface area contributed by atoms with Crippen LogP contribution in [-0.2, 0) is 9.59 Å². The molecule has 0 saturated carbocycles. The lowest BCUT2D eigenvalue weighted by Crippen LogP contribution is -2.27. The van der Waals surface area contributed by atoms with E-state index in [1.165, 1.54) is 116 Å². The molecule has 43 heavy (non-hydrogen) atoms. The quantitative estimate of drug-likeness (QED) is 0.0453. The van der Waals surface area contributed by atoms with Crippen molar-refractivity contribution in [1.29, 1.82) is 0 Å². The molecular formula is C40H73O3. The summed E-state index contributed by atoms with van der Waals surface area (Å²) in [6.07, 6.45) is 41.5. The van der Waals surface area contributed by atoms with Crippen LogP contribution in [0.25, 0.3) is 0 Å². The van der Waals surface area contributed by atoms with Crippen molar-refractivity contribution in [1.82, 2.24) is 0 Å². The van der Waals surface area contributed by atoms with Gasteiger partial charge in [0.05, 0.1) is 12.0 Å². The largest absolute Gasteiger partial charge is 0.393 e. The summed E-state index contributed by atoms with van der Waals surface area (Å²) in [6.45, 7) is 8.16. The average molecular weight is 602 g/mol. The van der Waals surface area contributed by atoms with Crippen molar-refractivity contribution in [3.63, 3.8) is 0 Å². The molecule has 0 bridgehead atoms. The van der Waals surface area contributed by atoms with Crippen LogP contribution in [-0.4, -0.2) is 22.8 Å². The first-order valence-electron chi connectivity index (χ1n) is 18.9. The first-order chi connectivity index (χ1) is 21.0. The number of carbonyl (C=O) groups excluding carboxylic acids is 2. The van der Waals surface area contributed by atoms with E-state index in [4.69, 9.17) is 0 Å². The van der Waals surface area contributed by atoms with Crippen LogP contribution < -0.4 is 0 Å². The van der Waals surface area contributed by atoms with Gasteiger partial charge in [-0.25, -0.2) is 0 Å². The molecule has 0 rings (SSSR count). The van der Waals surface area contributed by atoms with Gasteiger partial charge in [0.15, 0.2) is 0 Å². The van der Waals surface area contributed by atoms with Crippen LogP contribution in [0.5, 0.6) is 0 Å². The second-order valence-corrected chi connectivity index (χ2v) is 13.0. The van der Waals surface area contributed by atoms with Crippen LogP contribution in [0.3, 0.4) is 0 Å². The van der Waals surface area contributed by atoms with Gasteiger partial charge < -0.3 is 5.11 Å². The number of ketones is 2. The number of rotatable bonds is 34. The third-order valence-electron chi connectivity index (χ3n) is 8.66.